The van der Waals surface area contributed by atoms with Crippen molar-refractivity contribution in [2.24, 2.45) is 0 Å². The second kappa shape index (κ2) is 6.67. The van der Waals surface area contributed by atoms with Crippen LogP contribution in [-0.2, 0) is 0 Å². The van der Waals surface area contributed by atoms with Gasteiger partial charge in [-0.05, 0) is 25.8 Å². The van der Waals surface area contributed by atoms with Gasteiger partial charge in [0.25, 0.3) is 5.91 Å². The SMILES string of the molecule is Cc1c(C2CCCCC2)noc1NC(=O)c1cc(F)c(F)cc1F. The smallest absolute Gasteiger partial charge is 0.261 e. The Morgan fingerprint density at radius 3 is 2.50 bits per heavy atom. The third kappa shape index (κ3) is 3.16. The zero-order chi connectivity index (χ0) is 17.3. The minimum absolute atomic E-state index is 0.102. The van der Waals surface area contributed by atoms with E-state index in [2.05, 4.69) is 10.5 Å². The summed E-state index contributed by atoms with van der Waals surface area (Å²) in [5.74, 6) is -4.31. The molecule has 1 aromatic carbocycles. The van der Waals surface area contributed by atoms with E-state index >= 15 is 0 Å². The molecule has 0 spiro atoms. The maximum Gasteiger partial charge on any atom is 0.261 e. The molecule has 0 saturated heterocycles. The molecule has 1 heterocycles. The Kier molecular flexibility index (Phi) is 4.59. The summed E-state index contributed by atoms with van der Waals surface area (Å²) >= 11 is 0. The monoisotopic (exact) mass is 338 g/mol. The molecule has 3 rings (SSSR count). The van der Waals surface area contributed by atoms with E-state index in [1.807, 2.05) is 0 Å². The third-order valence-corrected chi connectivity index (χ3v) is 4.43. The summed E-state index contributed by atoms with van der Waals surface area (Å²) < 4.78 is 45.0. The van der Waals surface area contributed by atoms with Gasteiger partial charge in [-0.15, -0.1) is 0 Å². The fourth-order valence-electron chi connectivity index (χ4n) is 3.09. The summed E-state index contributed by atoms with van der Waals surface area (Å²) in [4.78, 5) is 12.1. The molecule has 1 amide bonds. The van der Waals surface area contributed by atoms with Crippen LogP contribution in [0.2, 0.25) is 0 Å². The number of anilines is 1. The summed E-state index contributed by atoms with van der Waals surface area (Å²) in [5.41, 5.74) is 0.873. The van der Waals surface area contributed by atoms with E-state index in [0.717, 1.165) is 31.4 Å². The van der Waals surface area contributed by atoms with E-state index in [1.165, 1.54) is 6.42 Å². The lowest BCUT2D eigenvalue weighted by Crippen LogP contribution is -2.15. The summed E-state index contributed by atoms with van der Waals surface area (Å²) in [6, 6.07) is 0.860. The minimum Gasteiger partial charge on any atom is -0.338 e. The molecule has 7 heteroatoms. The Balaban J connectivity index is 1.80. The molecule has 0 atom stereocenters. The average molecular weight is 338 g/mol. The number of hydrogen-bond acceptors (Lipinski definition) is 3. The summed E-state index contributed by atoms with van der Waals surface area (Å²) in [6.45, 7) is 1.76. The van der Waals surface area contributed by atoms with Gasteiger partial charge in [0.15, 0.2) is 11.6 Å². The first kappa shape index (κ1) is 16.5. The molecule has 1 aliphatic rings. The molecule has 0 radical (unpaired) electrons. The van der Waals surface area contributed by atoms with Crippen molar-refractivity contribution in [1.82, 2.24) is 5.16 Å². The predicted octanol–water partition coefficient (Wildman–Crippen LogP) is 4.70. The Morgan fingerprint density at radius 2 is 1.79 bits per heavy atom. The molecule has 1 N–H and O–H groups in total. The molecule has 0 aliphatic heterocycles. The summed E-state index contributed by atoms with van der Waals surface area (Å²) in [5, 5.41) is 6.40. The number of nitrogens with one attached hydrogen (secondary N) is 1. The lowest BCUT2D eigenvalue weighted by molar-refractivity contribution is 0.101. The fraction of sp³-hybridized carbons (Fsp3) is 0.412. The Bertz CT molecular complexity index is 767. The van der Waals surface area contributed by atoms with Crippen LogP contribution in [0.3, 0.4) is 0 Å². The molecule has 0 unspecified atom stereocenters. The molecule has 1 fully saturated rings. The van der Waals surface area contributed by atoms with Crippen LogP contribution >= 0.6 is 0 Å². The highest BCUT2D eigenvalue weighted by Gasteiger charge is 2.25. The number of aromatic nitrogens is 1. The second-order valence-electron chi connectivity index (χ2n) is 6.06. The first-order valence-corrected chi connectivity index (χ1v) is 7.89. The van der Waals surface area contributed by atoms with Crippen LogP contribution in [0.4, 0.5) is 19.1 Å². The molecule has 128 valence electrons. The van der Waals surface area contributed by atoms with E-state index in [0.29, 0.717) is 17.7 Å². The van der Waals surface area contributed by atoms with E-state index in [9.17, 15) is 18.0 Å². The third-order valence-electron chi connectivity index (χ3n) is 4.43. The van der Waals surface area contributed by atoms with Gasteiger partial charge in [-0.1, -0.05) is 24.4 Å². The van der Waals surface area contributed by atoms with Crippen molar-refractivity contribution >= 4 is 11.8 Å². The standard InChI is InChI=1S/C17H17F3N2O2/c1-9-15(10-5-3-2-4-6-10)22-24-17(9)21-16(23)11-7-13(19)14(20)8-12(11)18/h7-8,10H,2-6H2,1H3,(H,21,23). The van der Waals surface area contributed by atoms with Crippen LogP contribution in [-0.4, -0.2) is 11.1 Å². The number of halogens is 3. The van der Waals surface area contributed by atoms with Gasteiger partial charge >= 0.3 is 0 Å². The van der Waals surface area contributed by atoms with Gasteiger partial charge in [0.1, 0.15) is 5.82 Å². The quantitative estimate of drug-likeness (QED) is 0.825. The molecule has 1 aliphatic carbocycles. The van der Waals surface area contributed by atoms with Gasteiger partial charge in [-0.2, -0.15) is 0 Å². The van der Waals surface area contributed by atoms with Crippen LogP contribution in [0.15, 0.2) is 16.7 Å². The fourth-order valence-corrected chi connectivity index (χ4v) is 3.09. The van der Waals surface area contributed by atoms with Crippen molar-refractivity contribution in [2.45, 2.75) is 44.9 Å². The van der Waals surface area contributed by atoms with Crippen LogP contribution in [0, 0.1) is 24.4 Å². The predicted molar refractivity (Wildman–Crippen MR) is 81.3 cm³/mol. The van der Waals surface area contributed by atoms with E-state index < -0.39 is 28.9 Å². The lowest BCUT2D eigenvalue weighted by atomic mass is 9.86. The van der Waals surface area contributed by atoms with Crippen LogP contribution in [0.1, 0.15) is 59.6 Å². The number of benzene rings is 1. The molecule has 1 saturated carbocycles. The van der Waals surface area contributed by atoms with Crippen molar-refractivity contribution in [3.63, 3.8) is 0 Å². The summed E-state index contributed by atoms with van der Waals surface area (Å²) in [7, 11) is 0. The van der Waals surface area contributed by atoms with Crippen molar-refractivity contribution in [3.05, 3.63) is 46.4 Å². The average Bonchev–Trinajstić information content (AvgIpc) is 2.92. The largest absolute Gasteiger partial charge is 0.338 e. The van der Waals surface area contributed by atoms with Crippen molar-refractivity contribution in [3.8, 4) is 0 Å². The Labute approximate surface area is 137 Å². The topological polar surface area (TPSA) is 55.1 Å². The number of nitrogens with zero attached hydrogens (tertiary/aromatic N) is 1. The molecule has 0 bridgehead atoms. The van der Waals surface area contributed by atoms with Gasteiger partial charge in [0, 0.05) is 17.5 Å². The van der Waals surface area contributed by atoms with E-state index in [4.69, 9.17) is 4.52 Å². The molecule has 2 aromatic rings. The highest BCUT2D eigenvalue weighted by atomic mass is 19.2. The van der Waals surface area contributed by atoms with Crippen molar-refractivity contribution in [1.29, 1.82) is 0 Å². The number of carbonyl (C=O) groups excluding carboxylic acids is 1. The maximum absolute atomic E-state index is 13.7. The van der Waals surface area contributed by atoms with Gasteiger partial charge in [0.05, 0.1) is 11.3 Å². The molecule has 4 nitrogen and oxygen atoms in total. The number of rotatable bonds is 3. The molecule has 24 heavy (non-hydrogen) atoms. The number of hydrogen-bond donors (Lipinski definition) is 1. The Hall–Kier alpha value is -2.31. The van der Waals surface area contributed by atoms with Gasteiger partial charge in [0.2, 0.25) is 5.88 Å². The molecular weight excluding hydrogens is 321 g/mol. The first-order valence-electron chi connectivity index (χ1n) is 7.89. The first-order chi connectivity index (χ1) is 11.5. The zero-order valence-electron chi connectivity index (χ0n) is 13.2. The highest BCUT2D eigenvalue weighted by Crippen LogP contribution is 2.35. The number of amides is 1. The van der Waals surface area contributed by atoms with Gasteiger partial charge in [-0.25, -0.2) is 13.2 Å². The van der Waals surface area contributed by atoms with Gasteiger partial charge in [-0.3, -0.25) is 10.1 Å². The summed E-state index contributed by atoms with van der Waals surface area (Å²) in [6.07, 6.45) is 5.47. The van der Waals surface area contributed by atoms with Crippen LogP contribution < -0.4 is 5.32 Å². The van der Waals surface area contributed by atoms with Crippen LogP contribution in [0.5, 0.6) is 0 Å². The van der Waals surface area contributed by atoms with Crippen molar-refractivity contribution < 1.29 is 22.5 Å². The second-order valence-corrected chi connectivity index (χ2v) is 6.06. The Morgan fingerprint density at radius 1 is 1.12 bits per heavy atom. The van der Waals surface area contributed by atoms with Gasteiger partial charge < -0.3 is 4.52 Å². The molecular formula is C17H17F3N2O2. The maximum atomic E-state index is 13.7. The van der Waals surface area contributed by atoms with E-state index in [1.54, 1.807) is 6.92 Å². The normalized spacial score (nSPS) is 15.5. The van der Waals surface area contributed by atoms with Crippen LogP contribution in [0.25, 0.3) is 0 Å². The van der Waals surface area contributed by atoms with Crippen molar-refractivity contribution in [2.75, 3.05) is 5.32 Å². The minimum atomic E-state index is -1.35. The highest BCUT2D eigenvalue weighted by molar-refractivity contribution is 6.04. The van der Waals surface area contributed by atoms with E-state index in [-0.39, 0.29) is 11.8 Å². The number of carbonyl (C=O) groups is 1. The molecule has 1 aromatic heterocycles. The lowest BCUT2D eigenvalue weighted by Gasteiger charge is -2.19. The zero-order valence-corrected chi connectivity index (χ0v) is 13.2.